The van der Waals surface area contributed by atoms with E-state index >= 15 is 0 Å². The number of carbonyl (C=O) groups is 1. The zero-order chi connectivity index (χ0) is 25.9. The number of ether oxygens (including phenoxy) is 2. The average molecular weight is 518 g/mol. The van der Waals surface area contributed by atoms with Crippen LogP contribution in [0.1, 0.15) is 19.4 Å². The van der Waals surface area contributed by atoms with Crippen molar-refractivity contribution in [3.8, 4) is 17.4 Å². The summed E-state index contributed by atoms with van der Waals surface area (Å²) in [5.41, 5.74) is 6.83. The van der Waals surface area contributed by atoms with Gasteiger partial charge in [-0.15, -0.1) is 0 Å². The maximum absolute atomic E-state index is 13.5. The first-order valence-corrected chi connectivity index (χ1v) is 12.6. The second-order valence-corrected chi connectivity index (χ2v) is 9.81. The van der Waals surface area contributed by atoms with Crippen molar-refractivity contribution in [3.63, 3.8) is 0 Å². The van der Waals surface area contributed by atoms with E-state index in [1.54, 1.807) is 30.6 Å². The van der Waals surface area contributed by atoms with Crippen LogP contribution in [0, 0.1) is 5.92 Å². The highest BCUT2D eigenvalue weighted by Crippen LogP contribution is 2.46. The third-order valence-electron chi connectivity index (χ3n) is 5.57. The van der Waals surface area contributed by atoms with Gasteiger partial charge in [-0.1, -0.05) is 12.2 Å². The molecule has 13 nitrogen and oxygen atoms in total. The van der Waals surface area contributed by atoms with Crippen molar-refractivity contribution in [1.82, 2.24) is 24.6 Å². The molecule has 36 heavy (non-hydrogen) atoms. The summed E-state index contributed by atoms with van der Waals surface area (Å²) in [6, 6.07) is 5.09. The van der Waals surface area contributed by atoms with Crippen LogP contribution >= 0.6 is 7.75 Å². The van der Waals surface area contributed by atoms with Crippen molar-refractivity contribution in [2.75, 3.05) is 26.6 Å². The fourth-order valence-corrected chi connectivity index (χ4v) is 5.28. The van der Waals surface area contributed by atoms with Crippen molar-refractivity contribution in [2.45, 2.75) is 25.4 Å². The summed E-state index contributed by atoms with van der Waals surface area (Å²) in [5.74, 6) is -0.152. The van der Waals surface area contributed by atoms with Gasteiger partial charge in [0.05, 0.1) is 33.2 Å². The largest absolute Gasteiger partial charge is 0.497 e. The van der Waals surface area contributed by atoms with Crippen LogP contribution in [0.15, 0.2) is 42.7 Å². The summed E-state index contributed by atoms with van der Waals surface area (Å²) in [4.78, 5) is 24.0. The number of fused-ring (bicyclic) bond motifs is 1. The number of rotatable bonds is 11. The molecule has 3 aromatic rings. The molecule has 0 aliphatic heterocycles. The highest BCUT2D eigenvalue weighted by Gasteiger charge is 2.33. The lowest BCUT2D eigenvalue weighted by Crippen LogP contribution is -2.33. The number of benzene rings is 1. The van der Waals surface area contributed by atoms with Gasteiger partial charge in [-0.3, -0.25) is 9.32 Å². The Labute approximate surface area is 206 Å². The van der Waals surface area contributed by atoms with Gasteiger partial charge in [-0.05, 0) is 37.6 Å². The predicted octanol–water partition coefficient (Wildman–Crippen LogP) is 2.81. The number of hydrogen-bond acceptors (Lipinski definition) is 10. The molecule has 0 saturated carbocycles. The molecule has 14 heteroatoms. The minimum Gasteiger partial charge on any atom is -0.497 e. The fourth-order valence-electron chi connectivity index (χ4n) is 3.73. The van der Waals surface area contributed by atoms with E-state index in [2.05, 4.69) is 20.0 Å². The standard InChI is InChI=1S/C22H27N6O7P/c1-13(21(29)30)27-36(31,35-17-8-6-16(32-2)7-9-17)34-11-14-4-5-15(10-14)28-12-24-18-19(28)25-22(23)26-20(18)33-3/h4-9,12-15H,10-11H2,1-3H3,(H,27,31)(H,29,30)(H2,23,25,26)/t13-,14+,15-,36?/m0/s1. The Morgan fingerprint density at radius 3 is 2.61 bits per heavy atom. The molecular formula is C22H27N6O7P. The molecule has 2 aromatic heterocycles. The van der Waals surface area contributed by atoms with Crippen molar-refractivity contribution in [2.24, 2.45) is 5.92 Å². The number of carboxylic acid groups (broad SMARTS) is 1. The third-order valence-corrected chi connectivity index (χ3v) is 7.22. The molecule has 0 amide bonds. The minimum absolute atomic E-state index is 0.0207. The maximum atomic E-state index is 13.5. The lowest BCUT2D eigenvalue weighted by atomic mass is 10.1. The van der Waals surface area contributed by atoms with Gasteiger partial charge in [-0.25, -0.2) is 9.55 Å². The second-order valence-electron chi connectivity index (χ2n) is 8.11. The minimum atomic E-state index is -4.04. The maximum Gasteiger partial charge on any atom is 0.459 e. The number of carboxylic acids is 1. The molecule has 0 radical (unpaired) electrons. The summed E-state index contributed by atoms with van der Waals surface area (Å²) in [6.07, 6.45) is 6.11. The molecule has 4 atom stereocenters. The number of methoxy groups -OCH3 is 2. The van der Waals surface area contributed by atoms with Crippen LogP contribution in [0.2, 0.25) is 0 Å². The number of nitrogens with zero attached hydrogens (tertiary/aromatic N) is 4. The zero-order valence-corrected chi connectivity index (χ0v) is 20.8. The van der Waals surface area contributed by atoms with Gasteiger partial charge in [-0.2, -0.15) is 15.1 Å². The van der Waals surface area contributed by atoms with Crippen LogP contribution in [0.5, 0.6) is 17.4 Å². The lowest BCUT2D eigenvalue weighted by molar-refractivity contribution is -0.138. The molecule has 1 unspecified atom stereocenters. The zero-order valence-electron chi connectivity index (χ0n) is 19.9. The predicted molar refractivity (Wildman–Crippen MR) is 130 cm³/mol. The van der Waals surface area contributed by atoms with E-state index in [-0.39, 0.29) is 36.1 Å². The number of nitrogen functional groups attached to an aromatic ring is 1. The normalized spacial score (nSPS) is 19.6. The van der Waals surface area contributed by atoms with Gasteiger partial charge < -0.3 is 29.4 Å². The Morgan fingerprint density at radius 1 is 1.22 bits per heavy atom. The highest BCUT2D eigenvalue weighted by molar-refractivity contribution is 7.52. The van der Waals surface area contributed by atoms with Crippen molar-refractivity contribution >= 4 is 30.8 Å². The van der Waals surface area contributed by atoms with E-state index in [0.29, 0.717) is 23.3 Å². The quantitative estimate of drug-likeness (QED) is 0.251. The summed E-state index contributed by atoms with van der Waals surface area (Å²) < 4.78 is 37.0. The van der Waals surface area contributed by atoms with E-state index in [9.17, 15) is 14.5 Å². The summed E-state index contributed by atoms with van der Waals surface area (Å²) in [7, 11) is -1.04. The number of aromatic nitrogens is 4. The number of allylic oxidation sites excluding steroid dienone is 1. The molecule has 1 aliphatic carbocycles. The van der Waals surface area contributed by atoms with Crippen LogP contribution in [-0.4, -0.2) is 57.5 Å². The molecule has 4 rings (SSSR count). The Balaban J connectivity index is 1.46. The Bertz CT molecular complexity index is 1310. The first-order chi connectivity index (χ1) is 17.2. The monoisotopic (exact) mass is 518 g/mol. The van der Waals surface area contributed by atoms with E-state index in [4.69, 9.17) is 24.3 Å². The van der Waals surface area contributed by atoms with Crippen molar-refractivity contribution in [3.05, 3.63) is 42.7 Å². The molecule has 0 spiro atoms. The van der Waals surface area contributed by atoms with E-state index < -0.39 is 19.8 Å². The number of nitrogens with two attached hydrogens (primary N) is 1. The van der Waals surface area contributed by atoms with Crippen LogP contribution < -0.4 is 24.8 Å². The van der Waals surface area contributed by atoms with Gasteiger partial charge in [0.15, 0.2) is 11.2 Å². The fraction of sp³-hybridized carbons (Fsp3) is 0.364. The van der Waals surface area contributed by atoms with Gasteiger partial charge in [0.2, 0.25) is 11.8 Å². The number of anilines is 1. The van der Waals surface area contributed by atoms with E-state index in [1.165, 1.54) is 21.1 Å². The van der Waals surface area contributed by atoms with Crippen LogP contribution in [0.3, 0.4) is 0 Å². The third kappa shape index (κ3) is 5.59. The summed E-state index contributed by atoms with van der Waals surface area (Å²) in [5, 5.41) is 11.8. The number of hydrogen-bond donors (Lipinski definition) is 3. The van der Waals surface area contributed by atoms with Crippen LogP contribution in [0.4, 0.5) is 5.95 Å². The molecule has 192 valence electrons. The Hall–Kier alpha value is -3.67. The van der Waals surface area contributed by atoms with E-state index in [1.807, 2.05) is 16.7 Å². The number of aliphatic carboxylic acids is 1. The molecule has 0 fully saturated rings. The first-order valence-electron chi connectivity index (χ1n) is 11.0. The molecule has 0 saturated heterocycles. The second kappa shape index (κ2) is 10.5. The SMILES string of the molecule is COc1ccc(OP(=O)(N[C@@H](C)C(=O)O)OC[C@@H]2C=C[C@H](n3cnc4c(OC)nc(N)nc43)C2)cc1. The molecule has 4 N–H and O–H groups in total. The Kier molecular flexibility index (Phi) is 7.43. The summed E-state index contributed by atoms with van der Waals surface area (Å²) >= 11 is 0. The van der Waals surface area contributed by atoms with Crippen molar-refractivity contribution < 1.29 is 33.0 Å². The van der Waals surface area contributed by atoms with Gasteiger partial charge >= 0.3 is 13.7 Å². The summed E-state index contributed by atoms with van der Waals surface area (Å²) in [6.45, 7) is 1.38. The molecule has 0 bridgehead atoms. The highest BCUT2D eigenvalue weighted by atomic mass is 31.2. The first kappa shape index (κ1) is 25.4. The van der Waals surface area contributed by atoms with E-state index in [0.717, 1.165) is 0 Å². The van der Waals surface area contributed by atoms with Gasteiger partial charge in [0.1, 0.15) is 17.5 Å². The van der Waals surface area contributed by atoms with Crippen LogP contribution in [0.25, 0.3) is 11.2 Å². The smallest absolute Gasteiger partial charge is 0.459 e. The Morgan fingerprint density at radius 2 is 1.94 bits per heavy atom. The van der Waals surface area contributed by atoms with Crippen LogP contribution in [-0.2, 0) is 13.9 Å². The molecule has 1 aromatic carbocycles. The molecule has 2 heterocycles. The molecule has 1 aliphatic rings. The van der Waals surface area contributed by atoms with Crippen molar-refractivity contribution in [1.29, 1.82) is 0 Å². The van der Waals surface area contributed by atoms with Gasteiger partial charge in [0, 0.05) is 5.92 Å². The number of imidazole rings is 1. The topological polar surface area (TPSA) is 173 Å². The molecular weight excluding hydrogens is 491 g/mol. The number of nitrogens with one attached hydrogen (secondary N) is 1. The van der Waals surface area contributed by atoms with Gasteiger partial charge in [0.25, 0.3) is 0 Å². The average Bonchev–Trinajstić information content (AvgIpc) is 3.49. The lowest BCUT2D eigenvalue weighted by Gasteiger charge is -2.23.